The minimum Gasteiger partial charge on any atom is -0.466 e. The van der Waals surface area contributed by atoms with E-state index in [9.17, 15) is 14.4 Å². The van der Waals surface area contributed by atoms with Gasteiger partial charge in [0, 0.05) is 28.7 Å². The molecule has 5 nitrogen and oxygen atoms in total. The van der Waals surface area contributed by atoms with Crippen molar-refractivity contribution in [2.45, 2.75) is 51.7 Å². The standard InChI is InChI=1S/C20H22O5/c1-3-7-16-18-15(10-12(25-16)11-17(21)24-4-2)19(22)13-8-5-6-9-14(13)20(18)23/h5-6,8-9,12,16H,3-4,7,10-11H2,1-2H3/t12-,16+/m0/s1. The van der Waals surface area contributed by atoms with E-state index in [4.69, 9.17) is 9.47 Å². The molecule has 132 valence electrons. The van der Waals surface area contributed by atoms with E-state index in [0.717, 1.165) is 6.42 Å². The number of fused-ring (bicyclic) bond motifs is 1. The number of carbonyl (C=O) groups excluding carboxylic acids is 3. The van der Waals surface area contributed by atoms with Crippen molar-refractivity contribution < 1.29 is 23.9 Å². The van der Waals surface area contributed by atoms with Crippen molar-refractivity contribution in [2.24, 2.45) is 0 Å². The number of benzene rings is 1. The van der Waals surface area contributed by atoms with Crippen molar-refractivity contribution in [1.29, 1.82) is 0 Å². The zero-order valence-corrected chi connectivity index (χ0v) is 14.5. The van der Waals surface area contributed by atoms with Crippen LogP contribution in [0.5, 0.6) is 0 Å². The van der Waals surface area contributed by atoms with Crippen LogP contribution in [0.25, 0.3) is 0 Å². The van der Waals surface area contributed by atoms with Crippen LogP contribution < -0.4 is 0 Å². The molecule has 0 unspecified atom stereocenters. The summed E-state index contributed by atoms with van der Waals surface area (Å²) >= 11 is 0. The molecule has 0 saturated heterocycles. The van der Waals surface area contributed by atoms with Crippen LogP contribution in [0.15, 0.2) is 35.4 Å². The van der Waals surface area contributed by atoms with Gasteiger partial charge in [0.15, 0.2) is 11.6 Å². The van der Waals surface area contributed by atoms with Crippen molar-refractivity contribution >= 4 is 17.5 Å². The smallest absolute Gasteiger partial charge is 0.308 e. The van der Waals surface area contributed by atoms with Gasteiger partial charge in [-0.3, -0.25) is 14.4 Å². The highest BCUT2D eigenvalue weighted by Gasteiger charge is 2.41. The van der Waals surface area contributed by atoms with E-state index in [1.165, 1.54) is 0 Å². The van der Waals surface area contributed by atoms with E-state index in [1.807, 2.05) is 6.92 Å². The molecule has 1 heterocycles. The molecule has 1 aromatic carbocycles. The molecule has 0 radical (unpaired) electrons. The summed E-state index contributed by atoms with van der Waals surface area (Å²) in [6.45, 7) is 4.06. The van der Waals surface area contributed by atoms with Gasteiger partial charge in [-0.1, -0.05) is 37.6 Å². The first-order chi connectivity index (χ1) is 12.1. The van der Waals surface area contributed by atoms with Gasteiger partial charge in [-0.15, -0.1) is 0 Å². The minimum absolute atomic E-state index is 0.0912. The summed E-state index contributed by atoms with van der Waals surface area (Å²) in [5.74, 6) is -0.594. The maximum atomic E-state index is 12.9. The van der Waals surface area contributed by atoms with Crippen molar-refractivity contribution in [3.63, 3.8) is 0 Å². The van der Waals surface area contributed by atoms with Gasteiger partial charge in [-0.2, -0.15) is 0 Å². The summed E-state index contributed by atoms with van der Waals surface area (Å²) in [6.07, 6.45) is 0.936. The van der Waals surface area contributed by atoms with Crippen molar-refractivity contribution in [2.75, 3.05) is 6.61 Å². The molecule has 1 aliphatic heterocycles. The van der Waals surface area contributed by atoms with Gasteiger partial charge in [0.2, 0.25) is 0 Å². The highest BCUT2D eigenvalue weighted by molar-refractivity contribution is 6.27. The van der Waals surface area contributed by atoms with Gasteiger partial charge in [-0.05, 0) is 13.3 Å². The largest absolute Gasteiger partial charge is 0.466 e. The van der Waals surface area contributed by atoms with Gasteiger partial charge in [0.25, 0.3) is 0 Å². The van der Waals surface area contributed by atoms with Crippen molar-refractivity contribution in [3.8, 4) is 0 Å². The van der Waals surface area contributed by atoms with E-state index in [0.29, 0.717) is 35.3 Å². The highest BCUT2D eigenvalue weighted by Crippen LogP contribution is 2.38. The average Bonchev–Trinajstić information content (AvgIpc) is 2.60. The molecule has 0 N–H and O–H groups in total. The topological polar surface area (TPSA) is 69.7 Å². The number of Topliss-reactive ketones (excluding diaryl/α,β-unsaturated/α-hetero) is 2. The monoisotopic (exact) mass is 342 g/mol. The van der Waals surface area contributed by atoms with Crippen LogP contribution in [-0.2, 0) is 14.3 Å². The Labute approximate surface area is 147 Å². The Hall–Kier alpha value is -2.27. The van der Waals surface area contributed by atoms with E-state index >= 15 is 0 Å². The molecule has 3 rings (SSSR count). The van der Waals surface area contributed by atoms with Gasteiger partial charge in [0.1, 0.15) is 0 Å². The maximum Gasteiger partial charge on any atom is 0.308 e. The Bertz CT molecular complexity index is 746. The number of rotatable bonds is 5. The fraction of sp³-hybridized carbons (Fsp3) is 0.450. The van der Waals surface area contributed by atoms with Gasteiger partial charge in [0.05, 0.1) is 25.2 Å². The second-order valence-corrected chi connectivity index (χ2v) is 6.34. The van der Waals surface area contributed by atoms with Crippen molar-refractivity contribution in [3.05, 3.63) is 46.5 Å². The SMILES string of the molecule is CCC[C@H]1O[C@H](CC(=O)OCC)CC2=C1C(=O)c1ccccc1C2=O. The molecule has 2 aliphatic rings. The van der Waals surface area contributed by atoms with E-state index in [1.54, 1.807) is 31.2 Å². The fourth-order valence-corrected chi connectivity index (χ4v) is 3.57. The van der Waals surface area contributed by atoms with Crippen LogP contribution in [0.4, 0.5) is 0 Å². The molecule has 1 aliphatic carbocycles. The first-order valence-corrected chi connectivity index (χ1v) is 8.79. The van der Waals surface area contributed by atoms with E-state index in [-0.39, 0.29) is 30.4 Å². The summed E-state index contributed by atoms with van der Waals surface area (Å²) < 4.78 is 11.0. The van der Waals surface area contributed by atoms with Gasteiger partial charge >= 0.3 is 5.97 Å². The van der Waals surface area contributed by atoms with Crippen LogP contribution in [0.3, 0.4) is 0 Å². The Balaban J connectivity index is 1.95. The second kappa shape index (κ2) is 7.31. The van der Waals surface area contributed by atoms with Crippen LogP contribution in [0.2, 0.25) is 0 Å². The molecule has 5 heteroatoms. The first kappa shape index (κ1) is 17.5. The summed E-state index contributed by atoms with van der Waals surface area (Å²) in [5, 5.41) is 0. The lowest BCUT2D eigenvalue weighted by atomic mass is 9.77. The zero-order valence-electron chi connectivity index (χ0n) is 14.5. The summed E-state index contributed by atoms with van der Waals surface area (Å²) in [7, 11) is 0. The molecule has 0 aromatic heterocycles. The number of hydrogen-bond acceptors (Lipinski definition) is 5. The van der Waals surface area contributed by atoms with Crippen LogP contribution in [-0.4, -0.2) is 36.4 Å². The third kappa shape index (κ3) is 3.29. The lowest BCUT2D eigenvalue weighted by Crippen LogP contribution is -2.39. The molecule has 0 fully saturated rings. The minimum atomic E-state index is -0.446. The molecule has 0 bridgehead atoms. The van der Waals surface area contributed by atoms with Crippen molar-refractivity contribution in [1.82, 2.24) is 0 Å². The predicted octanol–water partition coefficient (Wildman–Crippen LogP) is 3.27. The van der Waals surface area contributed by atoms with Gasteiger partial charge in [-0.25, -0.2) is 0 Å². The molecule has 0 amide bonds. The van der Waals surface area contributed by atoms with Crippen LogP contribution >= 0.6 is 0 Å². The lowest BCUT2D eigenvalue weighted by Gasteiger charge is -2.35. The Kier molecular flexibility index (Phi) is 5.13. The number of carbonyl (C=O) groups is 3. The van der Waals surface area contributed by atoms with Crippen LogP contribution in [0.1, 0.15) is 60.2 Å². The van der Waals surface area contributed by atoms with E-state index < -0.39 is 12.2 Å². The summed E-state index contributed by atoms with van der Waals surface area (Å²) in [6, 6.07) is 6.89. The maximum absolute atomic E-state index is 12.9. The first-order valence-electron chi connectivity index (χ1n) is 8.79. The molecule has 0 spiro atoms. The summed E-state index contributed by atoms with van der Waals surface area (Å²) in [4.78, 5) is 37.7. The van der Waals surface area contributed by atoms with E-state index in [2.05, 4.69) is 0 Å². The number of ether oxygens (including phenoxy) is 2. The van der Waals surface area contributed by atoms with Gasteiger partial charge < -0.3 is 9.47 Å². The quantitative estimate of drug-likeness (QED) is 0.768. The lowest BCUT2D eigenvalue weighted by molar-refractivity contribution is -0.147. The molecule has 2 atom stereocenters. The third-order valence-corrected chi connectivity index (χ3v) is 4.62. The highest BCUT2D eigenvalue weighted by atomic mass is 16.5. The molecular weight excluding hydrogens is 320 g/mol. The average molecular weight is 342 g/mol. The number of hydrogen-bond donors (Lipinski definition) is 0. The molecular formula is C20H22O5. The Morgan fingerprint density at radius 2 is 1.84 bits per heavy atom. The number of esters is 1. The molecule has 25 heavy (non-hydrogen) atoms. The normalized spacial score (nSPS) is 22.5. The Morgan fingerprint density at radius 1 is 1.16 bits per heavy atom. The predicted molar refractivity (Wildman–Crippen MR) is 91.6 cm³/mol. The second-order valence-electron chi connectivity index (χ2n) is 6.34. The third-order valence-electron chi connectivity index (χ3n) is 4.62. The van der Waals surface area contributed by atoms with Crippen LogP contribution in [0, 0.1) is 0 Å². The Morgan fingerprint density at radius 3 is 2.48 bits per heavy atom. The molecule has 1 aromatic rings. The fourth-order valence-electron chi connectivity index (χ4n) is 3.57. The summed E-state index contributed by atoms with van der Waals surface area (Å²) in [5.41, 5.74) is 1.87. The number of ketones is 2. The zero-order chi connectivity index (χ0) is 18.0. The molecule has 0 saturated carbocycles.